The Kier molecular flexibility index (Phi) is 7.44. The highest BCUT2D eigenvalue weighted by atomic mass is 32.1. The molecule has 0 unspecified atom stereocenters. The van der Waals surface area contributed by atoms with E-state index >= 15 is 0 Å². The first-order chi connectivity index (χ1) is 14.3. The fourth-order valence-electron chi connectivity index (χ4n) is 3.27. The molecule has 0 N–H and O–H groups in total. The molecule has 7 nitrogen and oxygen atoms in total. The van der Waals surface area contributed by atoms with Gasteiger partial charge < -0.3 is 9.64 Å². The van der Waals surface area contributed by atoms with Crippen LogP contribution in [-0.2, 0) is 16.0 Å². The number of aromatic nitrogens is 1. The summed E-state index contributed by atoms with van der Waals surface area (Å²) in [4.78, 5) is 35.6. The molecule has 1 aliphatic rings. The van der Waals surface area contributed by atoms with Gasteiger partial charge in [0, 0.05) is 56.4 Å². The van der Waals surface area contributed by atoms with Crippen molar-refractivity contribution in [2.24, 2.45) is 0 Å². The molecule has 30 heavy (non-hydrogen) atoms. The molecule has 1 aromatic carbocycles. The van der Waals surface area contributed by atoms with Gasteiger partial charge in [0.1, 0.15) is 12.1 Å². The van der Waals surface area contributed by atoms with E-state index in [1.165, 1.54) is 4.90 Å². The van der Waals surface area contributed by atoms with Gasteiger partial charge in [0.05, 0.1) is 5.01 Å². The molecular weight excluding hydrogens is 400 g/mol. The third-order valence-corrected chi connectivity index (χ3v) is 5.66. The van der Waals surface area contributed by atoms with Crippen molar-refractivity contribution < 1.29 is 14.3 Å². The number of ether oxygens (including phenoxy) is 1. The molecule has 2 aromatic rings. The number of nitrogens with zero attached hydrogens (tertiary/aromatic N) is 4. The van der Waals surface area contributed by atoms with Gasteiger partial charge >= 0.3 is 6.09 Å². The van der Waals surface area contributed by atoms with E-state index in [2.05, 4.69) is 9.88 Å². The minimum absolute atomic E-state index is 0.0297. The van der Waals surface area contributed by atoms with Crippen LogP contribution in [0.1, 0.15) is 25.8 Å². The third kappa shape index (κ3) is 6.53. The van der Waals surface area contributed by atoms with Gasteiger partial charge in [-0.1, -0.05) is 18.2 Å². The Bertz CT molecular complexity index is 813. The molecule has 8 heteroatoms. The van der Waals surface area contributed by atoms with E-state index in [4.69, 9.17) is 4.74 Å². The summed E-state index contributed by atoms with van der Waals surface area (Å²) < 4.78 is 5.53. The summed E-state index contributed by atoms with van der Waals surface area (Å²) >= 11 is 1.68. The molecule has 1 fully saturated rings. The van der Waals surface area contributed by atoms with Crippen molar-refractivity contribution in [3.63, 3.8) is 0 Å². The molecular formula is C22H30N4O3S. The number of hydrogen-bond donors (Lipinski definition) is 0. The van der Waals surface area contributed by atoms with E-state index < -0.39 is 11.7 Å². The molecule has 0 radical (unpaired) electrons. The number of carbonyl (C=O) groups excluding carboxylic acids is 2. The largest absolute Gasteiger partial charge is 0.443 e. The maximum Gasteiger partial charge on any atom is 0.415 e. The Balaban J connectivity index is 1.56. The normalized spacial score (nSPS) is 15.1. The van der Waals surface area contributed by atoms with Crippen LogP contribution >= 0.6 is 11.3 Å². The summed E-state index contributed by atoms with van der Waals surface area (Å²) in [7, 11) is 0. The highest BCUT2D eigenvalue weighted by molar-refractivity contribution is 7.09. The van der Waals surface area contributed by atoms with Crippen molar-refractivity contribution in [3.8, 4) is 0 Å². The average molecular weight is 431 g/mol. The Labute approximate surface area is 182 Å². The quantitative estimate of drug-likeness (QED) is 0.704. The van der Waals surface area contributed by atoms with Gasteiger partial charge in [-0.3, -0.25) is 14.6 Å². The van der Waals surface area contributed by atoms with Crippen molar-refractivity contribution in [1.29, 1.82) is 0 Å². The Hall–Kier alpha value is -2.45. The van der Waals surface area contributed by atoms with E-state index in [1.807, 2.05) is 67.6 Å². The van der Waals surface area contributed by atoms with Crippen LogP contribution in [0.25, 0.3) is 0 Å². The summed E-state index contributed by atoms with van der Waals surface area (Å²) in [6, 6.07) is 9.20. The summed E-state index contributed by atoms with van der Waals surface area (Å²) in [5, 5.41) is 3.14. The predicted octanol–water partition coefficient (Wildman–Crippen LogP) is 3.27. The minimum atomic E-state index is -0.629. The second-order valence-corrected chi connectivity index (χ2v) is 9.28. The number of carbonyl (C=O) groups is 2. The van der Waals surface area contributed by atoms with E-state index in [9.17, 15) is 9.59 Å². The Morgan fingerprint density at radius 1 is 1.13 bits per heavy atom. The highest BCUT2D eigenvalue weighted by Crippen LogP contribution is 2.18. The van der Waals surface area contributed by atoms with Crippen LogP contribution in [-0.4, -0.2) is 71.7 Å². The molecule has 1 aliphatic heterocycles. The van der Waals surface area contributed by atoms with Gasteiger partial charge in [-0.15, -0.1) is 11.3 Å². The number of amides is 2. The SMILES string of the molecule is CC(C)(C)OC(=O)N(CC(=O)N1CCN(CCc2nccs2)CC1)c1ccccc1. The van der Waals surface area contributed by atoms with E-state index in [0.29, 0.717) is 18.8 Å². The first-order valence-electron chi connectivity index (χ1n) is 10.3. The van der Waals surface area contributed by atoms with Crippen molar-refractivity contribution in [2.75, 3.05) is 44.2 Å². The lowest BCUT2D eigenvalue weighted by atomic mass is 10.2. The van der Waals surface area contributed by atoms with Gasteiger partial charge in [0.25, 0.3) is 0 Å². The van der Waals surface area contributed by atoms with Crippen LogP contribution in [0.4, 0.5) is 10.5 Å². The molecule has 0 bridgehead atoms. The van der Waals surface area contributed by atoms with E-state index in [0.717, 1.165) is 31.1 Å². The van der Waals surface area contributed by atoms with Gasteiger partial charge in [-0.2, -0.15) is 0 Å². The van der Waals surface area contributed by atoms with Crippen LogP contribution in [0, 0.1) is 0 Å². The van der Waals surface area contributed by atoms with Crippen LogP contribution in [0.3, 0.4) is 0 Å². The van der Waals surface area contributed by atoms with Crippen molar-refractivity contribution >= 4 is 29.0 Å². The zero-order valence-electron chi connectivity index (χ0n) is 17.9. The summed E-state index contributed by atoms with van der Waals surface area (Å²) in [5.74, 6) is -0.0655. The Morgan fingerprint density at radius 3 is 2.43 bits per heavy atom. The zero-order valence-corrected chi connectivity index (χ0v) is 18.7. The number of piperazine rings is 1. The number of thiazole rings is 1. The number of rotatable bonds is 6. The molecule has 2 amide bonds. The predicted molar refractivity (Wildman–Crippen MR) is 119 cm³/mol. The summed E-state index contributed by atoms with van der Waals surface area (Å²) in [6.45, 7) is 9.36. The van der Waals surface area contributed by atoms with Crippen molar-refractivity contribution in [3.05, 3.63) is 46.9 Å². The lowest BCUT2D eigenvalue weighted by molar-refractivity contribution is -0.131. The standard InChI is InChI=1S/C22H30N4O3S/c1-22(2,3)29-21(28)26(18-7-5-4-6-8-18)17-20(27)25-14-12-24(13-15-25)11-9-19-23-10-16-30-19/h4-8,10,16H,9,11-15,17H2,1-3H3. The lowest BCUT2D eigenvalue weighted by Crippen LogP contribution is -2.52. The number of hydrogen-bond acceptors (Lipinski definition) is 6. The first-order valence-corrected chi connectivity index (χ1v) is 11.1. The van der Waals surface area contributed by atoms with Gasteiger partial charge in [-0.05, 0) is 32.9 Å². The lowest BCUT2D eigenvalue weighted by Gasteiger charge is -2.36. The van der Waals surface area contributed by atoms with Crippen LogP contribution < -0.4 is 4.90 Å². The summed E-state index contributed by atoms with van der Waals surface area (Å²) in [6.07, 6.45) is 2.26. The number of para-hydroxylation sites is 1. The third-order valence-electron chi connectivity index (χ3n) is 4.83. The molecule has 2 heterocycles. The number of anilines is 1. The molecule has 162 valence electrons. The second kappa shape index (κ2) is 10.0. The Morgan fingerprint density at radius 2 is 1.83 bits per heavy atom. The topological polar surface area (TPSA) is 66.0 Å². The van der Waals surface area contributed by atoms with Gasteiger partial charge in [-0.25, -0.2) is 9.78 Å². The average Bonchev–Trinajstić information content (AvgIpc) is 3.23. The maximum atomic E-state index is 13.0. The fourth-order valence-corrected chi connectivity index (χ4v) is 3.88. The van der Waals surface area contributed by atoms with Gasteiger partial charge in [0.15, 0.2) is 0 Å². The number of benzene rings is 1. The summed E-state index contributed by atoms with van der Waals surface area (Å²) in [5.41, 5.74) is 0.0260. The zero-order chi connectivity index (χ0) is 21.6. The van der Waals surface area contributed by atoms with Crippen LogP contribution in [0.15, 0.2) is 41.9 Å². The maximum absolute atomic E-state index is 13.0. The molecule has 3 rings (SSSR count). The smallest absolute Gasteiger partial charge is 0.415 e. The minimum Gasteiger partial charge on any atom is -0.443 e. The first kappa shape index (κ1) is 22.2. The fraction of sp³-hybridized carbons (Fsp3) is 0.500. The van der Waals surface area contributed by atoms with Crippen molar-refractivity contribution in [1.82, 2.24) is 14.8 Å². The van der Waals surface area contributed by atoms with Gasteiger partial charge in [0.2, 0.25) is 5.91 Å². The highest BCUT2D eigenvalue weighted by Gasteiger charge is 2.28. The molecule has 1 saturated heterocycles. The van der Waals surface area contributed by atoms with Crippen LogP contribution in [0.2, 0.25) is 0 Å². The van der Waals surface area contributed by atoms with Crippen LogP contribution in [0.5, 0.6) is 0 Å². The van der Waals surface area contributed by atoms with E-state index in [1.54, 1.807) is 11.3 Å². The molecule has 1 aromatic heterocycles. The second-order valence-electron chi connectivity index (χ2n) is 8.30. The van der Waals surface area contributed by atoms with Crippen molar-refractivity contribution in [2.45, 2.75) is 32.8 Å². The molecule has 0 atom stereocenters. The molecule has 0 spiro atoms. The molecule has 0 aliphatic carbocycles. The molecule has 0 saturated carbocycles. The van der Waals surface area contributed by atoms with E-state index in [-0.39, 0.29) is 12.5 Å². The monoisotopic (exact) mass is 430 g/mol.